The first-order valence-corrected chi connectivity index (χ1v) is 6.12. The van der Waals surface area contributed by atoms with Gasteiger partial charge in [0.15, 0.2) is 0 Å². The monoisotopic (exact) mass is 251 g/mol. The minimum absolute atomic E-state index is 0.120. The summed E-state index contributed by atoms with van der Waals surface area (Å²) in [5.74, 6) is -1.17. The molecule has 0 spiro atoms. The van der Waals surface area contributed by atoms with Gasteiger partial charge >= 0.3 is 5.97 Å². The fourth-order valence-electron chi connectivity index (χ4n) is 1.79. The molecule has 2 rings (SSSR count). The van der Waals surface area contributed by atoms with E-state index < -0.39 is 11.4 Å². The van der Waals surface area contributed by atoms with Crippen LogP contribution in [0.4, 0.5) is 0 Å². The Morgan fingerprint density at radius 2 is 2.12 bits per heavy atom. The molecule has 0 atom stereocenters. The molecule has 0 fully saturated rings. The largest absolute Gasteiger partial charge is 0.477 e. The number of hydrogen-bond donors (Lipinski definition) is 1. The molecule has 0 aromatic carbocycles. The third-order valence-corrected chi connectivity index (χ3v) is 3.68. The van der Waals surface area contributed by atoms with Crippen molar-refractivity contribution < 1.29 is 9.90 Å². The Kier molecular flexibility index (Phi) is 2.79. The van der Waals surface area contributed by atoms with E-state index in [1.807, 2.05) is 25.3 Å². The van der Waals surface area contributed by atoms with Crippen LogP contribution in [-0.4, -0.2) is 15.6 Å². The minimum Gasteiger partial charge on any atom is -0.477 e. The lowest BCUT2D eigenvalue weighted by Crippen LogP contribution is -2.18. The summed E-state index contributed by atoms with van der Waals surface area (Å²) in [4.78, 5) is 24.9. The molecule has 0 bridgehead atoms. The van der Waals surface area contributed by atoms with Crippen LogP contribution in [-0.2, 0) is 0 Å². The van der Waals surface area contributed by atoms with Crippen LogP contribution in [0.2, 0.25) is 0 Å². The molecule has 0 radical (unpaired) electrons. The van der Waals surface area contributed by atoms with Crippen LogP contribution in [0.15, 0.2) is 17.1 Å². The Morgan fingerprint density at radius 1 is 1.47 bits per heavy atom. The molecule has 2 aromatic rings. The van der Waals surface area contributed by atoms with Gasteiger partial charge in [-0.1, -0.05) is 0 Å². The molecule has 0 aliphatic rings. The quantitative estimate of drug-likeness (QED) is 0.892. The molecule has 17 heavy (non-hydrogen) atoms. The fourth-order valence-corrected chi connectivity index (χ4v) is 2.91. The number of aromatic nitrogens is 1. The Hall–Kier alpha value is -1.62. The highest BCUT2D eigenvalue weighted by Crippen LogP contribution is 2.25. The number of carboxylic acids is 1. The highest BCUT2D eigenvalue weighted by Gasteiger charge is 2.17. The lowest BCUT2D eigenvalue weighted by atomic mass is 10.2. The summed E-state index contributed by atoms with van der Waals surface area (Å²) in [7, 11) is 0. The number of carboxylic acid groups (broad SMARTS) is 1. The third-order valence-electron chi connectivity index (χ3n) is 2.61. The van der Waals surface area contributed by atoms with Crippen LogP contribution in [0.3, 0.4) is 0 Å². The van der Waals surface area contributed by atoms with Crippen molar-refractivity contribution in [3.05, 3.63) is 32.9 Å². The van der Waals surface area contributed by atoms with E-state index in [1.165, 1.54) is 17.5 Å². The number of aromatic carboxylic acids is 1. The summed E-state index contributed by atoms with van der Waals surface area (Å²) in [6.07, 6.45) is 1.44. The number of hydrogen-bond acceptors (Lipinski definition) is 3. The minimum atomic E-state index is -1.17. The number of fused-ring (bicyclic) bond motifs is 1. The van der Waals surface area contributed by atoms with Gasteiger partial charge in [0.25, 0.3) is 0 Å². The maximum Gasteiger partial charge on any atom is 0.341 e. The summed E-state index contributed by atoms with van der Waals surface area (Å²) >= 11 is 1.51. The van der Waals surface area contributed by atoms with Gasteiger partial charge in [0.1, 0.15) is 10.4 Å². The van der Waals surface area contributed by atoms with Crippen LogP contribution in [0.1, 0.15) is 35.1 Å². The van der Waals surface area contributed by atoms with Gasteiger partial charge in [0.05, 0.1) is 5.39 Å². The molecule has 0 unspecified atom stereocenters. The number of carbonyl (C=O) groups is 1. The van der Waals surface area contributed by atoms with Crippen LogP contribution >= 0.6 is 11.3 Å². The number of nitrogens with zero attached hydrogens (tertiary/aromatic N) is 1. The summed E-state index contributed by atoms with van der Waals surface area (Å²) in [6, 6.07) is 1.88. The van der Waals surface area contributed by atoms with Crippen molar-refractivity contribution in [1.82, 2.24) is 4.57 Å². The van der Waals surface area contributed by atoms with E-state index >= 15 is 0 Å². The zero-order valence-electron chi connectivity index (χ0n) is 9.85. The number of rotatable bonds is 2. The zero-order chi connectivity index (χ0) is 12.7. The first-order chi connectivity index (χ1) is 7.91. The smallest absolute Gasteiger partial charge is 0.341 e. The first kappa shape index (κ1) is 11.9. The molecule has 2 heterocycles. The molecule has 0 aliphatic heterocycles. The van der Waals surface area contributed by atoms with Gasteiger partial charge in [0.2, 0.25) is 5.43 Å². The van der Waals surface area contributed by atoms with Crippen LogP contribution in [0, 0.1) is 6.92 Å². The number of aryl methyl sites for hydroxylation is 1. The second-order valence-corrected chi connectivity index (χ2v) is 5.49. The molecule has 2 aromatic heterocycles. The average molecular weight is 251 g/mol. The topological polar surface area (TPSA) is 59.3 Å². The number of pyridine rings is 1. The van der Waals surface area contributed by atoms with Crippen molar-refractivity contribution in [2.75, 3.05) is 0 Å². The van der Waals surface area contributed by atoms with E-state index in [1.54, 1.807) is 6.07 Å². The normalized spacial score (nSPS) is 11.3. The highest BCUT2D eigenvalue weighted by molar-refractivity contribution is 7.18. The summed E-state index contributed by atoms with van der Waals surface area (Å²) in [5, 5.41) is 9.53. The van der Waals surface area contributed by atoms with Crippen LogP contribution < -0.4 is 5.43 Å². The van der Waals surface area contributed by atoms with Gasteiger partial charge in [-0.3, -0.25) is 4.79 Å². The molecule has 1 N–H and O–H groups in total. The maximum absolute atomic E-state index is 12.0. The maximum atomic E-state index is 12.0. The second kappa shape index (κ2) is 4.00. The number of thiophene rings is 1. The fraction of sp³-hybridized carbons (Fsp3) is 0.333. The van der Waals surface area contributed by atoms with E-state index in [9.17, 15) is 9.59 Å². The molecule has 5 heteroatoms. The van der Waals surface area contributed by atoms with E-state index in [-0.39, 0.29) is 11.6 Å². The second-order valence-electron chi connectivity index (χ2n) is 4.25. The molecule has 0 saturated carbocycles. The lowest BCUT2D eigenvalue weighted by molar-refractivity contribution is 0.0695. The van der Waals surface area contributed by atoms with E-state index in [0.29, 0.717) is 5.39 Å². The van der Waals surface area contributed by atoms with Crippen molar-refractivity contribution in [2.45, 2.75) is 26.8 Å². The molecular weight excluding hydrogens is 238 g/mol. The van der Waals surface area contributed by atoms with Crippen molar-refractivity contribution in [1.29, 1.82) is 0 Å². The molecule has 0 amide bonds. The Balaban J connectivity index is 2.94. The Labute approximate surface area is 102 Å². The van der Waals surface area contributed by atoms with Gasteiger partial charge in [-0.05, 0) is 26.8 Å². The third kappa shape index (κ3) is 1.86. The molecule has 4 nitrogen and oxygen atoms in total. The zero-order valence-corrected chi connectivity index (χ0v) is 10.7. The van der Waals surface area contributed by atoms with Crippen molar-refractivity contribution in [3.8, 4) is 0 Å². The molecule has 0 aliphatic carbocycles. The lowest BCUT2D eigenvalue weighted by Gasteiger charge is -2.12. The van der Waals surface area contributed by atoms with E-state index in [0.717, 1.165) is 9.71 Å². The molecule has 0 saturated heterocycles. The molecular formula is C12H13NO3S. The van der Waals surface area contributed by atoms with Gasteiger partial charge < -0.3 is 9.67 Å². The standard InChI is InChI=1S/C12H13NO3S/c1-6(2)13-5-9(12(15)16)10(14)8-4-7(3)17-11(8)13/h4-6H,1-3H3,(H,15,16). The van der Waals surface area contributed by atoms with Gasteiger partial charge in [0, 0.05) is 17.1 Å². The predicted molar refractivity (Wildman–Crippen MR) is 68.2 cm³/mol. The Morgan fingerprint density at radius 3 is 2.65 bits per heavy atom. The van der Waals surface area contributed by atoms with Crippen molar-refractivity contribution in [3.63, 3.8) is 0 Å². The van der Waals surface area contributed by atoms with Gasteiger partial charge in [-0.25, -0.2) is 4.79 Å². The van der Waals surface area contributed by atoms with E-state index in [4.69, 9.17) is 5.11 Å². The highest BCUT2D eigenvalue weighted by atomic mass is 32.1. The summed E-state index contributed by atoms with van der Waals surface area (Å²) in [6.45, 7) is 5.84. The predicted octanol–water partition coefficient (Wildman–Crippen LogP) is 2.65. The summed E-state index contributed by atoms with van der Waals surface area (Å²) < 4.78 is 1.85. The Bertz CT molecular complexity index is 652. The average Bonchev–Trinajstić information content (AvgIpc) is 2.59. The first-order valence-electron chi connectivity index (χ1n) is 5.30. The van der Waals surface area contributed by atoms with Crippen molar-refractivity contribution >= 4 is 27.5 Å². The van der Waals surface area contributed by atoms with E-state index in [2.05, 4.69) is 0 Å². The van der Waals surface area contributed by atoms with Crippen LogP contribution in [0.25, 0.3) is 10.2 Å². The molecule has 90 valence electrons. The summed E-state index contributed by atoms with van der Waals surface area (Å²) in [5.41, 5.74) is -0.558. The van der Waals surface area contributed by atoms with Crippen LogP contribution in [0.5, 0.6) is 0 Å². The van der Waals surface area contributed by atoms with Gasteiger partial charge in [-0.2, -0.15) is 0 Å². The van der Waals surface area contributed by atoms with Gasteiger partial charge in [-0.15, -0.1) is 11.3 Å². The SMILES string of the molecule is Cc1cc2c(=O)c(C(=O)O)cn(C(C)C)c2s1. The van der Waals surface area contributed by atoms with Crippen molar-refractivity contribution in [2.24, 2.45) is 0 Å².